The van der Waals surface area contributed by atoms with Crippen LogP contribution in [0.4, 0.5) is 19.1 Å². The largest absolute Gasteiger partial charge is 0.378 e. The third-order valence-electron chi connectivity index (χ3n) is 4.27. The maximum absolute atomic E-state index is 13.8. The first-order valence-electron chi connectivity index (χ1n) is 8.60. The van der Waals surface area contributed by atoms with Gasteiger partial charge in [0.25, 0.3) is 0 Å². The fourth-order valence-electron chi connectivity index (χ4n) is 2.93. The van der Waals surface area contributed by atoms with Gasteiger partial charge >= 0.3 is 6.55 Å². The van der Waals surface area contributed by atoms with E-state index in [2.05, 4.69) is 15.2 Å². The first kappa shape index (κ1) is 18.8. The predicted octanol–water partition coefficient (Wildman–Crippen LogP) is 3.13. The number of thioether (sulfide) groups is 1. The van der Waals surface area contributed by atoms with Gasteiger partial charge in [0, 0.05) is 25.5 Å². The monoisotopic (exact) mass is 410 g/mol. The van der Waals surface area contributed by atoms with Gasteiger partial charge in [-0.3, -0.25) is 9.13 Å². The minimum atomic E-state index is -2.66. The first-order chi connectivity index (χ1) is 13.6. The molecule has 4 rings (SSSR count). The van der Waals surface area contributed by atoms with Gasteiger partial charge in [-0.05, 0) is 18.2 Å². The number of alkyl halides is 2. The fraction of sp³-hybridized carbons (Fsp3) is 0.353. The van der Waals surface area contributed by atoms with E-state index >= 15 is 0 Å². The van der Waals surface area contributed by atoms with E-state index in [0.717, 1.165) is 4.57 Å². The Labute approximate surface area is 163 Å². The van der Waals surface area contributed by atoms with Crippen molar-refractivity contribution in [2.24, 2.45) is 0 Å². The Hall–Kier alpha value is -2.53. The molecule has 0 N–H and O–H groups in total. The Morgan fingerprint density at radius 3 is 2.75 bits per heavy atom. The second-order valence-electron chi connectivity index (χ2n) is 6.01. The third-order valence-corrected chi connectivity index (χ3v) is 5.19. The van der Waals surface area contributed by atoms with Crippen LogP contribution in [0.5, 0.6) is 0 Å². The molecule has 0 unspecified atom stereocenters. The fourth-order valence-corrected chi connectivity index (χ4v) is 3.82. The summed E-state index contributed by atoms with van der Waals surface area (Å²) >= 11 is 1.21. The minimum absolute atomic E-state index is 0.175. The number of benzene rings is 1. The van der Waals surface area contributed by atoms with Gasteiger partial charge in [0.2, 0.25) is 5.95 Å². The van der Waals surface area contributed by atoms with Crippen molar-refractivity contribution in [3.63, 3.8) is 0 Å². The molecule has 11 heteroatoms. The quantitative estimate of drug-likeness (QED) is 0.582. The lowest BCUT2D eigenvalue weighted by atomic mass is 10.3. The second kappa shape index (κ2) is 8.23. The first-order valence-corrected chi connectivity index (χ1v) is 9.59. The van der Waals surface area contributed by atoms with E-state index in [1.54, 1.807) is 16.7 Å². The molecule has 1 fully saturated rings. The van der Waals surface area contributed by atoms with Gasteiger partial charge in [-0.15, -0.1) is 10.2 Å². The second-order valence-corrected chi connectivity index (χ2v) is 6.96. The van der Waals surface area contributed by atoms with E-state index in [4.69, 9.17) is 4.74 Å². The molecule has 0 amide bonds. The Morgan fingerprint density at radius 1 is 1.18 bits per heavy atom. The van der Waals surface area contributed by atoms with E-state index in [1.807, 2.05) is 4.90 Å². The van der Waals surface area contributed by atoms with Crippen molar-refractivity contribution in [1.82, 2.24) is 24.3 Å². The van der Waals surface area contributed by atoms with Gasteiger partial charge in [0.15, 0.2) is 5.16 Å². The highest BCUT2D eigenvalue weighted by atomic mass is 32.2. The van der Waals surface area contributed by atoms with Crippen molar-refractivity contribution in [2.45, 2.75) is 17.5 Å². The number of nitrogens with zero attached hydrogens (tertiary/aromatic N) is 6. The number of ether oxygens (including phenoxy) is 1. The number of hydrogen-bond donors (Lipinski definition) is 0. The van der Waals surface area contributed by atoms with Gasteiger partial charge in [0.1, 0.15) is 11.6 Å². The van der Waals surface area contributed by atoms with Crippen molar-refractivity contribution in [3.8, 4) is 5.69 Å². The molecule has 148 valence electrons. The lowest BCUT2D eigenvalue weighted by molar-refractivity contribution is 0.0678. The van der Waals surface area contributed by atoms with Crippen LogP contribution in [0.15, 0.2) is 41.8 Å². The summed E-state index contributed by atoms with van der Waals surface area (Å²) in [4.78, 5) is 5.99. The number of aromatic nitrogens is 5. The highest BCUT2D eigenvalue weighted by Crippen LogP contribution is 2.29. The van der Waals surface area contributed by atoms with Crippen LogP contribution in [-0.2, 0) is 10.5 Å². The van der Waals surface area contributed by atoms with Crippen LogP contribution >= 0.6 is 11.8 Å². The van der Waals surface area contributed by atoms with Crippen molar-refractivity contribution in [1.29, 1.82) is 0 Å². The van der Waals surface area contributed by atoms with Crippen LogP contribution in [0.1, 0.15) is 12.4 Å². The molecule has 0 atom stereocenters. The average molecular weight is 410 g/mol. The highest BCUT2D eigenvalue weighted by Gasteiger charge is 2.23. The van der Waals surface area contributed by atoms with Crippen LogP contribution < -0.4 is 4.90 Å². The molecule has 1 aliphatic rings. The molecule has 1 saturated heterocycles. The van der Waals surface area contributed by atoms with Gasteiger partial charge in [-0.2, -0.15) is 8.78 Å². The van der Waals surface area contributed by atoms with Gasteiger partial charge in [-0.1, -0.05) is 17.8 Å². The predicted molar refractivity (Wildman–Crippen MR) is 97.4 cm³/mol. The Balaban J connectivity index is 1.66. The van der Waals surface area contributed by atoms with E-state index in [9.17, 15) is 13.2 Å². The summed E-state index contributed by atoms with van der Waals surface area (Å²) in [6.07, 6.45) is 2.57. The van der Waals surface area contributed by atoms with E-state index in [0.29, 0.717) is 43.1 Å². The SMILES string of the molecule is Fc1cccc(-n2c(SCc3nccn3C(F)F)nnc2N2CCOCC2)c1. The molecule has 0 radical (unpaired) electrons. The normalized spacial score (nSPS) is 14.8. The molecule has 0 spiro atoms. The molecule has 0 aliphatic carbocycles. The topological polar surface area (TPSA) is 61.0 Å². The van der Waals surface area contributed by atoms with E-state index < -0.39 is 6.55 Å². The maximum Gasteiger partial charge on any atom is 0.319 e. The van der Waals surface area contributed by atoms with Crippen LogP contribution in [0.25, 0.3) is 5.69 Å². The molecular formula is C17H17F3N6OS. The molecule has 1 aliphatic heterocycles. The van der Waals surface area contributed by atoms with Gasteiger partial charge in [0.05, 0.1) is 24.7 Å². The zero-order valence-corrected chi connectivity index (χ0v) is 15.5. The Morgan fingerprint density at radius 2 is 2.00 bits per heavy atom. The minimum Gasteiger partial charge on any atom is -0.378 e. The summed E-state index contributed by atoms with van der Waals surface area (Å²) in [6.45, 7) is -0.278. The van der Waals surface area contributed by atoms with Gasteiger partial charge in [-0.25, -0.2) is 9.37 Å². The van der Waals surface area contributed by atoms with E-state index in [1.165, 1.54) is 36.3 Å². The molecule has 1 aromatic carbocycles. The van der Waals surface area contributed by atoms with Crippen LogP contribution in [0, 0.1) is 5.82 Å². The molecule has 3 heterocycles. The number of imidazole rings is 1. The smallest absolute Gasteiger partial charge is 0.319 e. The van der Waals surface area contributed by atoms with Crippen LogP contribution in [0.3, 0.4) is 0 Å². The molecular weight excluding hydrogens is 393 g/mol. The Bertz CT molecular complexity index is 941. The number of halogens is 3. The van der Waals surface area contributed by atoms with Crippen LogP contribution in [-0.4, -0.2) is 50.6 Å². The summed E-state index contributed by atoms with van der Waals surface area (Å²) in [7, 11) is 0. The maximum atomic E-state index is 13.8. The highest BCUT2D eigenvalue weighted by molar-refractivity contribution is 7.98. The molecule has 3 aromatic rings. The zero-order valence-electron chi connectivity index (χ0n) is 14.7. The standard InChI is InChI=1S/C17H17F3N6OS/c18-12-2-1-3-13(10-12)26-16(24-6-8-27-9-7-24)22-23-17(26)28-11-14-21-4-5-25(14)15(19)20/h1-5,10,15H,6-9,11H2. The molecule has 0 saturated carbocycles. The average Bonchev–Trinajstić information content (AvgIpc) is 3.34. The van der Waals surface area contributed by atoms with Crippen LogP contribution in [0.2, 0.25) is 0 Å². The van der Waals surface area contributed by atoms with E-state index in [-0.39, 0.29) is 17.4 Å². The van der Waals surface area contributed by atoms with Gasteiger partial charge < -0.3 is 9.64 Å². The molecule has 2 aromatic heterocycles. The summed E-state index contributed by atoms with van der Waals surface area (Å²) in [5.74, 6) is 0.576. The molecule has 28 heavy (non-hydrogen) atoms. The third kappa shape index (κ3) is 3.85. The zero-order chi connectivity index (χ0) is 19.5. The summed E-state index contributed by atoms with van der Waals surface area (Å²) in [6, 6.07) is 6.10. The number of anilines is 1. The van der Waals surface area contributed by atoms with Crippen molar-refractivity contribution in [3.05, 3.63) is 48.3 Å². The number of rotatable bonds is 6. The number of morpholine rings is 1. The lowest BCUT2D eigenvalue weighted by Crippen LogP contribution is -2.37. The van der Waals surface area contributed by atoms with Crippen molar-refractivity contribution in [2.75, 3.05) is 31.2 Å². The summed E-state index contributed by atoms with van der Waals surface area (Å²) in [5.41, 5.74) is 0.561. The summed E-state index contributed by atoms with van der Waals surface area (Å²) in [5, 5.41) is 8.95. The molecule has 7 nitrogen and oxygen atoms in total. The molecule has 0 bridgehead atoms. The van der Waals surface area contributed by atoms with Crippen molar-refractivity contribution < 1.29 is 17.9 Å². The summed E-state index contributed by atoms with van der Waals surface area (Å²) < 4.78 is 47.8. The van der Waals surface area contributed by atoms with Crippen molar-refractivity contribution >= 4 is 17.7 Å². The lowest BCUT2D eigenvalue weighted by Gasteiger charge is -2.27. The Kier molecular flexibility index (Phi) is 5.53. The number of hydrogen-bond acceptors (Lipinski definition) is 6.